The van der Waals surface area contributed by atoms with E-state index in [4.69, 9.17) is 23.2 Å². The van der Waals surface area contributed by atoms with Crippen LogP contribution in [0.2, 0.25) is 10.0 Å². The summed E-state index contributed by atoms with van der Waals surface area (Å²) in [6.07, 6.45) is 3.69. The summed E-state index contributed by atoms with van der Waals surface area (Å²) in [6.45, 7) is 0. The average Bonchev–Trinajstić information content (AvgIpc) is 2.64. The van der Waals surface area contributed by atoms with Gasteiger partial charge in [0.05, 0.1) is 0 Å². The van der Waals surface area contributed by atoms with E-state index in [9.17, 15) is 0 Å². The summed E-state index contributed by atoms with van der Waals surface area (Å²) in [5, 5.41) is 2.36. The third-order valence-corrected chi connectivity index (χ3v) is 3.98. The molecule has 0 unspecified atom stereocenters. The van der Waals surface area contributed by atoms with E-state index in [1.165, 1.54) is 0 Å². The molecule has 17 heavy (non-hydrogen) atoms. The standard InChI is InChI=1S/C11H10Cl2N2S.ClH/c1-15-6-5-14-11(15)16-7-8-9(12)3-2-4-10(8)13;/h2-6H,7H2,1H3;1H. The van der Waals surface area contributed by atoms with E-state index in [1.807, 2.05) is 36.0 Å². The maximum atomic E-state index is 6.08. The summed E-state index contributed by atoms with van der Waals surface area (Å²) in [6, 6.07) is 5.54. The van der Waals surface area contributed by atoms with Crippen LogP contribution >= 0.6 is 47.4 Å². The maximum Gasteiger partial charge on any atom is 0.167 e. The van der Waals surface area contributed by atoms with Crippen LogP contribution in [0.5, 0.6) is 0 Å². The first-order chi connectivity index (χ1) is 7.68. The second-order valence-corrected chi connectivity index (χ2v) is 5.07. The Morgan fingerprint density at radius 3 is 2.47 bits per heavy atom. The molecule has 0 saturated carbocycles. The molecule has 0 aliphatic carbocycles. The second kappa shape index (κ2) is 6.55. The van der Waals surface area contributed by atoms with Crippen LogP contribution in [0, 0.1) is 0 Å². The van der Waals surface area contributed by atoms with Crippen molar-refractivity contribution in [1.82, 2.24) is 9.55 Å². The van der Waals surface area contributed by atoms with Gasteiger partial charge >= 0.3 is 0 Å². The van der Waals surface area contributed by atoms with Gasteiger partial charge in [-0.2, -0.15) is 0 Å². The van der Waals surface area contributed by atoms with Crippen LogP contribution in [0.25, 0.3) is 0 Å². The van der Waals surface area contributed by atoms with Crippen LogP contribution in [-0.4, -0.2) is 9.55 Å². The number of halogens is 3. The van der Waals surface area contributed by atoms with E-state index in [2.05, 4.69) is 4.98 Å². The van der Waals surface area contributed by atoms with E-state index in [0.29, 0.717) is 10.0 Å². The summed E-state index contributed by atoms with van der Waals surface area (Å²) in [7, 11) is 1.96. The average molecular weight is 310 g/mol. The van der Waals surface area contributed by atoms with E-state index in [0.717, 1.165) is 16.5 Å². The van der Waals surface area contributed by atoms with Crippen LogP contribution in [-0.2, 0) is 12.8 Å². The fourth-order valence-electron chi connectivity index (χ4n) is 1.30. The molecule has 0 radical (unpaired) electrons. The molecular formula is C11H11Cl3N2S. The van der Waals surface area contributed by atoms with E-state index >= 15 is 0 Å². The molecule has 0 bridgehead atoms. The van der Waals surface area contributed by atoms with Gasteiger partial charge in [-0.25, -0.2) is 4.98 Å². The van der Waals surface area contributed by atoms with Gasteiger partial charge in [-0.15, -0.1) is 12.4 Å². The van der Waals surface area contributed by atoms with Gasteiger partial charge in [0, 0.05) is 35.2 Å². The first-order valence-corrected chi connectivity index (χ1v) is 6.45. The molecule has 6 heteroatoms. The molecule has 0 N–H and O–H groups in total. The van der Waals surface area contributed by atoms with Gasteiger partial charge < -0.3 is 4.57 Å². The summed E-state index contributed by atoms with van der Waals surface area (Å²) >= 11 is 13.8. The summed E-state index contributed by atoms with van der Waals surface area (Å²) in [5.41, 5.74) is 0.957. The Bertz CT molecular complexity index is 479. The van der Waals surface area contributed by atoms with Crippen molar-refractivity contribution < 1.29 is 0 Å². The zero-order valence-electron chi connectivity index (χ0n) is 9.06. The van der Waals surface area contributed by atoms with Crippen molar-refractivity contribution in [3.8, 4) is 0 Å². The number of nitrogens with zero attached hydrogens (tertiary/aromatic N) is 2. The highest BCUT2D eigenvalue weighted by Gasteiger charge is 2.07. The molecule has 2 aromatic rings. The molecule has 0 fully saturated rings. The lowest BCUT2D eigenvalue weighted by molar-refractivity contribution is 0.790. The molecule has 0 spiro atoms. The lowest BCUT2D eigenvalue weighted by Gasteiger charge is -2.06. The quantitative estimate of drug-likeness (QED) is 0.780. The van der Waals surface area contributed by atoms with E-state index < -0.39 is 0 Å². The third kappa shape index (κ3) is 3.55. The molecule has 0 aliphatic rings. The SMILES string of the molecule is Cl.Cn1ccnc1SCc1c(Cl)cccc1Cl. The summed E-state index contributed by atoms with van der Waals surface area (Å²) in [5.74, 6) is 0.726. The van der Waals surface area contributed by atoms with E-state index in [-0.39, 0.29) is 12.4 Å². The number of rotatable bonds is 3. The molecule has 2 nitrogen and oxygen atoms in total. The van der Waals surface area contributed by atoms with E-state index in [1.54, 1.807) is 18.0 Å². The van der Waals surface area contributed by atoms with Gasteiger partial charge in [0.25, 0.3) is 0 Å². The largest absolute Gasteiger partial charge is 0.329 e. The monoisotopic (exact) mass is 308 g/mol. The lowest BCUT2D eigenvalue weighted by Crippen LogP contribution is -1.91. The van der Waals surface area contributed by atoms with Gasteiger partial charge in [-0.1, -0.05) is 41.0 Å². The molecule has 92 valence electrons. The lowest BCUT2D eigenvalue weighted by atomic mass is 10.2. The second-order valence-electron chi connectivity index (χ2n) is 3.31. The van der Waals surface area contributed by atoms with Gasteiger partial charge in [0.1, 0.15) is 0 Å². The number of hydrogen-bond acceptors (Lipinski definition) is 2. The molecule has 1 aromatic carbocycles. The van der Waals surface area contributed by atoms with Gasteiger partial charge in [0.2, 0.25) is 0 Å². The maximum absolute atomic E-state index is 6.08. The Balaban J connectivity index is 0.00000144. The highest BCUT2D eigenvalue weighted by Crippen LogP contribution is 2.30. The van der Waals surface area contributed by atoms with Gasteiger partial charge in [-0.3, -0.25) is 0 Å². The van der Waals surface area contributed by atoms with Crippen molar-refractivity contribution in [1.29, 1.82) is 0 Å². The molecule has 0 saturated heterocycles. The Kier molecular flexibility index (Phi) is 5.67. The number of hydrogen-bond donors (Lipinski definition) is 0. The molecule has 0 aliphatic heterocycles. The number of thioether (sulfide) groups is 1. The fraction of sp³-hybridized carbons (Fsp3) is 0.182. The van der Waals surface area contributed by atoms with Crippen LogP contribution in [0.1, 0.15) is 5.56 Å². The van der Waals surface area contributed by atoms with Crippen molar-refractivity contribution >= 4 is 47.4 Å². The Hall–Kier alpha value is -0.350. The summed E-state index contributed by atoms with van der Waals surface area (Å²) < 4.78 is 1.97. The predicted octanol–water partition coefficient (Wildman–Crippen LogP) is 4.44. The minimum absolute atomic E-state index is 0. The smallest absolute Gasteiger partial charge is 0.167 e. The fourth-order valence-corrected chi connectivity index (χ4v) is 2.97. The zero-order valence-corrected chi connectivity index (χ0v) is 12.2. The topological polar surface area (TPSA) is 17.8 Å². The van der Waals surface area contributed by atoms with Gasteiger partial charge in [-0.05, 0) is 17.7 Å². The molecule has 2 rings (SSSR count). The first kappa shape index (κ1) is 14.7. The highest BCUT2D eigenvalue weighted by molar-refractivity contribution is 7.98. The van der Waals surface area contributed by atoms with Crippen molar-refractivity contribution in [2.75, 3.05) is 0 Å². The minimum Gasteiger partial charge on any atom is -0.329 e. The van der Waals surface area contributed by atoms with Crippen molar-refractivity contribution in [2.24, 2.45) is 7.05 Å². The van der Waals surface area contributed by atoms with Crippen LogP contribution < -0.4 is 0 Å². The number of aryl methyl sites for hydroxylation is 1. The van der Waals surface area contributed by atoms with Crippen LogP contribution in [0.15, 0.2) is 35.7 Å². The highest BCUT2D eigenvalue weighted by atomic mass is 35.5. The summed E-state index contributed by atoms with van der Waals surface area (Å²) in [4.78, 5) is 4.23. The zero-order chi connectivity index (χ0) is 11.5. The van der Waals surface area contributed by atoms with Crippen LogP contribution in [0.3, 0.4) is 0 Å². The number of imidazole rings is 1. The van der Waals surface area contributed by atoms with Crippen molar-refractivity contribution in [2.45, 2.75) is 10.9 Å². The molecule has 0 amide bonds. The third-order valence-electron chi connectivity index (χ3n) is 2.18. The Labute approximate surface area is 121 Å². The van der Waals surface area contributed by atoms with Crippen molar-refractivity contribution in [3.63, 3.8) is 0 Å². The van der Waals surface area contributed by atoms with Crippen LogP contribution in [0.4, 0.5) is 0 Å². The normalized spacial score (nSPS) is 10.1. The Morgan fingerprint density at radius 1 is 1.29 bits per heavy atom. The van der Waals surface area contributed by atoms with Gasteiger partial charge in [0.15, 0.2) is 5.16 Å². The predicted molar refractivity (Wildman–Crippen MR) is 76.5 cm³/mol. The Morgan fingerprint density at radius 2 is 1.94 bits per heavy atom. The number of benzene rings is 1. The van der Waals surface area contributed by atoms with Crippen molar-refractivity contribution in [3.05, 3.63) is 46.2 Å². The minimum atomic E-state index is 0. The molecule has 1 heterocycles. The first-order valence-electron chi connectivity index (χ1n) is 4.71. The molecule has 0 atom stereocenters. The number of aromatic nitrogens is 2. The molecular weight excluding hydrogens is 299 g/mol. The molecule has 1 aromatic heterocycles.